The van der Waals surface area contributed by atoms with Gasteiger partial charge >= 0.3 is 0 Å². The number of hydrogen-bond donors (Lipinski definition) is 6. The Labute approximate surface area is 121 Å². The minimum absolute atomic E-state index is 0.311. The van der Waals surface area contributed by atoms with Crippen molar-refractivity contribution in [1.82, 2.24) is 5.32 Å². The Kier molecular flexibility index (Phi) is 7.17. The van der Waals surface area contributed by atoms with Crippen LogP contribution in [0.4, 0.5) is 0 Å². The number of rotatable bonds is 6. The van der Waals surface area contributed by atoms with Gasteiger partial charge in [-0.3, -0.25) is 4.79 Å². The predicted octanol–water partition coefficient (Wildman–Crippen LogP) is -3.73. The lowest BCUT2D eigenvalue weighted by Gasteiger charge is -2.42. The van der Waals surface area contributed by atoms with Crippen molar-refractivity contribution < 1.29 is 35.7 Å². The normalized spacial score (nSPS) is 35.6. The average Bonchev–Trinajstić information content (AvgIpc) is 2.42. The highest BCUT2D eigenvalue weighted by atomic mass is 32.2. The van der Waals surface area contributed by atoms with Crippen LogP contribution in [0.15, 0.2) is 0 Å². The van der Waals surface area contributed by atoms with Gasteiger partial charge in [-0.15, -0.1) is 11.8 Å². The third-order valence-corrected chi connectivity index (χ3v) is 4.35. The van der Waals surface area contributed by atoms with Crippen molar-refractivity contribution >= 4 is 17.7 Å². The second kappa shape index (κ2) is 8.13. The first-order valence-electron chi connectivity index (χ1n) is 6.39. The van der Waals surface area contributed by atoms with Gasteiger partial charge in [0.1, 0.15) is 36.4 Å². The van der Waals surface area contributed by atoms with E-state index in [1.807, 2.05) is 0 Å². The molecule has 0 aromatic heterocycles. The maximum atomic E-state index is 11.2. The summed E-state index contributed by atoms with van der Waals surface area (Å²) in [4.78, 5) is 11.2. The Morgan fingerprint density at radius 1 is 1.45 bits per heavy atom. The summed E-state index contributed by atoms with van der Waals surface area (Å²) in [7, 11) is 0. The summed E-state index contributed by atoms with van der Waals surface area (Å²) in [5, 5.41) is 41.0. The smallest absolute Gasteiger partial charge is 0.217 e. The zero-order chi connectivity index (χ0) is 15.3. The maximum absolute atomic E-state index is 11.2. The highest BCUT2D eigenvalue weighted by Gasteiger charge is 2.44. The Morgan fingerprint density at radius 3 is 2.60 bits per heavy atom. The molecule has 0 unspecified atom stereocenters. The molecule has 6 atom stereocenters. The van der Waals surface area contributed by atoms with Gasteiger partial charge in [-0.2, -0.15) is 0 Å². The van der Waals surface area contributed by atoms with E-state index in [9.17, 15) is 20.1 Å². The molecule has 1 heterocycles. The summed E-state index contributed by atoms with van der Waals surface area (Å²) >= 11 is 1.20. The van der Waals surface area contributed by atoms with E-state index in [-0.39, 0.29) is 5.91 Å². The minimum atomic E-state index is -1.29. The van der Waals surface area contributed by atoms with E-state index in [1.165, 1.54) is 18.7 Å². The number of amides is 1. The van der Waals surface area contributed by atoms with Crippen molar-refractivity contribution in [3.05, 3.63) is 0 Å². The lowest BCUT2D eigenvalue weighted by atomic mass is 9.98. The van der Waals surface area contributed by atoms with Crippen LogP contribution in [-0.4, -0.2) is 81.1 Å². The molecule has 0 spiro atoms. The number of carbonyl (C=O) groups is 1. The number of ether oxygens (including phenoxy) is 1. The fraction of sp³-hybridized carbons (Fsp3) is 0.909. The second-order valence-corrected chi connectivity index (χ2v) is 5.84. The molecular weight excluding hydrogens is 288 g/mol. The average molecular weight is 311 g/mol. The van der Waals surface area contributed by atoms with Crippen LogP contribution in [0.3, 0.4) is 0 Å². The Bertz CT molecular complexity index is 321. The van der Waals surface area contributed by atoms with Crippen LogP contribution in [0.1, 0.15) is 6.92 Å². The van der Waals surface area contributed by atoms with Crippen molar-refractivity contribution in [2.75, 3.05) is 18.9 Å². The molecule has 0 saturated carbocycles. The van der Waals surface area contributed by atoms with Crippen LogP contribution >= 0.6 is 11.8 Å². The van der Waals surface area contributed by atoms with Crippen molar-refractivity contribution in [3.8, 4) is 0 Å². The SMILES string of the molecule is CC(=O)N[C@@H]1[C@@H](O)[C@H](O)[C@@H](CO)O[C@@H]1SC[C@@H](O)C[NH3+]. The number of aliphatic hydroxyl groups is 4. The zero-order valence-corrected chi connectivity index (χ0v) is 12.1. The van der Waals surface area contributed by atoms with Crippen LogP contribution in [0.5, 0.6) is 0 Å². The number of carbonyl (C=O) groups excluding carboxylic acids is 1. The van der Waals surface area contributed by atoms with Gasteiger partial charge < -0.3 is 36.2 Å². The molecule has 9 heteroatoms. The van der Waals surface area contributed by atoms with Gasteiger partial charge in [0, 0.05) is 12.7 Å². The van der Waals surface area contributed by atoms with E-state index in [2.05, 4.69) is 11.1 Å². The number of aliphatic hydroxyl groups excluding tert-OH is 4. The van der Waals surface area contributed by atoms with E-state index >= 15 is 0 Å². The molecule has 1 amide bonds. The van der Waals surface area contributed by atoms with Gasteiger partial charge in [-0.1, -0.05) is 0 Å². The van der Waals surface area contributed by atoms with Crippen LogP contribution in [0, 0.1) is 0 Å². The predicted molar refractivity (Wildman–Crippen MR) is 71.6 cm³/mol. The van der Waals surface area contributed by atoms with Gasteiger partial charge in [-0.25, -0.2) is 0 Å². The quantitative estimate of drug-likeness (QED) is 0.295. The molecule has 0 aromatic carbocycles. The van der Waals surface area contributed by atoms with Gasteiger partial charge in [0.05, 0.1) is 12.6 Å². The van der Waals surface area contributed by atoms with E-state index in [4.69, 9.17) is 9.84 Å². The molecule has 0 bridgehead atoms. The maximum Gasteiger partial charge on any atom is 0.217 e. The van der Waals surface area contributed by atoms with E-state index in [0.717, 1.165) is 0 Å². The van der Waals surface area contributed by atoms with Crippen molar-refractivity contribution in [1.29, 1.82) is 0 Å². The molecule has 8 nitrogen and oxygen atoms in total. The van der Waals surface area contributed by atoms with Crippen molar-refractivity contribution in [2.45, 2.75) is 42.8 Å². The Hall–Kier alpha value is -0.420. The van der Waals surface area contributed by atoms with Gasteiger partial charge in [0.2, 0.25) is 5.91 Å². The Morgan fingerprint density at radius 2 is 2.10 bits per heavy atom. The summed E-state index contributed by atoms with van der Waals surface area (Å²) in [5.74, 6) is -0.0545. The molecule has 1 aliphatic rings. The molecule has 0 radical (unpaired) electrons. The third kappa shape index (κ3) is 4.55. The topological polar surface area (TPSA) is 147 Å². The summed E-state index contributed by atoms with van der Waals surface area (Å²) < 4.78 is 5.48. The molecule has 1 saturated heterocycles. The Balaban J connectivity index is 2.75. The van der Waals surface area contributed by atoms with Crippen LogP contribution in [0.2, 0.25) is 0 Å². The minimum Gasteiger partial charge on any atom is -0.394 e. The zero-order valence-electron chi connectivity index (χ0n) is 11.3. The first-order chi connectivity index (χ1) is 9.40. The lowest BCUT2D eigenvalue weighted by molar-refractivity contribution is -0.381. The summed E-state index contributed by atoms with van der Waals surface area (Å²) in [6.45, 7) is 1.18. The first kappa shape index (κ1) is 17.6. The van der Waals surface area contributed by atoms with E-state index in [1.54, 1.807) is 0 Å². The van der Waals surface area contributed by atoms with Crippen LogP contribution in [-0.2, 0) is 9.53 Å². The van der Waals surface area contributed by atoms with Crippen LogP contribution in [0.25, 0.3) is 0 Å². The second-order valence-electron chi connectivity index (χ2n) is 4.71. The summed E-state index contributed by atoms with van der Waals surface area (Å²) in [6.07, 6.45) is -4.09. The monoisotopic (exact) mass is 311 g/mol. The fourth-order valence-corrected chi connectivity index (χ4v) is 3.14. The van der Waals surface area contributed by atoms with Gasteiger partial charge in [0.15, 0.2) is 0 Å². The highest BCUT2D eigenvalue weighted by Crippen LogP contribution is 2.28. The standard InChI is InChI=1S/C11H22N2O6S/c1-5(15)13-8-10(18)9(17)7(3-14)19-11(8)20-4-6(16)2-12/h6-11,14,16-18H,2-4,12H2,1H3,(H,13,15)/p+1/t6-,7+,8+,9+,10+,11+/m0/s1. The highest BCUT2D eigenvalue weighted by molar-refractivity contribution is 7.99. The van der Waals surface area contributed by atoms with E-state index < -0.39 is 42.5 Å². The number of thioether (sulfide) groups is 1. The molecular formula is C11H23N2O6S+. The van der Waals surface area contributed by atoms with Crippen molar-refractivity contribution in [2.24, 2.45) is 0 Å². The molecule has 8 N–H and O–H groups in total. The van der Waals surface area contributed by atoms with Crippen LogP contribution < -0.4 is 11.1 Å². The number of quaternary nitrogens is 1. The molecule has 20 heavy (non-hydrogen) atoms. The molecule has 0 aliphatic carbocycles. The molecule has 1 fully saturated rings. The van der Waals surface area contributed by atoms with Gasteiger partial charge in [0.25, 0.3) is 0 Å². The van der Waals surface area contributed by atoms with E-state index in [0.29, 0.717) is 12.3 Å². The molecule has 1 aliphatic heterocycles. The molecule has 0 aromatic rings. The summed E-state index contributed by atoms with van der Waals surface area (Å²) in [5.41, 5.74) is 2.90. The first-order valence-corrected chi connectivity index (χ1v) is 7.44. The largest absolute Gasteiger partial charge is 0.394 e. The number of hydrogen-bond acceptors (Lipinski definition) is 7. The molecule has 1 rings (SSSR count). The van der Waals surface area contributed by atoms with Gasteiger partial charge in [-0.05, 0) is 0 Å². The fourth-order valence-electron chi connectivity index (χ4n) is 1.90. The van der Waals surface area contributed by atoms with Crippen molar-refractivity contribution in [3.63, 3.8) is 0 Å². The molecule has 118 valence electrons. The third-order valence-electron chi connectivity index (χ3n) is 3.04. The summed E-state index contributed by atoms with van der Waals surface area (Å²) in [6, 6.07) is -0.813. The lowest BCUT2D eigenvalue weighted by Crippen LogP contribution is -2.63. The number of nitrogens with one attached hydrogen (secondary N) is 1.